The fraction of sp³-hybridized carbons (Fsp3) is 0.429. The zero-order valence-electron chi connectivity index (χ0n) is 21.2. The zero-order valence-corrected chi connectivity index (χ0v) is 23.4. The molecule has 1 N–H and O–H groups in total. The van der Waals surface area contributed by atoms with Crippen molar-refractivity contribution in [2.24, 2.45) is 11.8 Å². The third kappa shape index (κ3) is 5.97. The standard InChI is InChI=1S/C28H28F3IN4O3/c1-17-11-20(15-36(14-17)22-8-7-21(28(30,31)32)23-24(22)34-10-9-33-23)35-25(37)19-12-27(29,13-19)26(38)39-16-18-5-3-2-4-6-18/h2-10,17,19-20H,11-16H2,1H3,(H,35,37)/t17-,19?,20+,27?/m0/s1. The lowest BCUT2D eigenvalue weighted by Crippen LogP contribution is -2.56. The van der Waals surface area contributed by atoms with Crippen molar-refractivity contribution < 1.29 is 27.5 Å². The van der Waals surface area contributed by atoms with Crippen LogP contribution < -0.4 is 10.2 Å². The summed E-state index contributed by atoms with van der Waals surface area (Å²) in [5, 5.41) is 3.01. The SMILES string of the molecule is C[C@H]1C[C@@H](NC(=O)C2CC(F)(C(=O)OCc3ccccc3)C2)CN(c2ccc(C(F)(F)I)c3nccnc23)C1. The zero-order chi connectivity index (χ0) is 27.8. The minimum Gasteiger partial charge on any atom is -0.458 e. The van der Waals surface area contributed by atoms with Crippen LogP contribution in [0.1, 0.15) is 37.3 Å². The van der Waals surface area contributed by atoms with Crippen LogP contribution in [0.3, 0.4) is 0 Å². The van der Waals surface area contributed by atoms with Gasteiger partial charge < -0.3 is 15.0 Å². The highest BCUT2D eigenvalue weighted by atomic mass is 127. The number of benzene rings is 2. The van der Waals surface area contributed by atoms with Gasteiger partial charge in [-0.1, -0.05) is 37.3 Å². The maximum Gasteiger partial charge on any atom is 0.344 e. The van der Waals surface area contributed by atoms with Crippen molar-refractivity contribution in [3.05, 3.63) is 66.0 Å². The summed E-state index contributed by atoms with van der Waals surface area (Å²) < 4.78 is 45.5. The fourth-order valence-corrected chi connectivity index (χ4v) is 5.86. The number of hydrogen-bond donors (Lipinski definition) is 1. The molecule has 0 spiro atoms. The molecule has 7 nitrogen and oxygen atoms in total. The van der Waals surface area contributed by atoms with Gasteiger partial charge in [0.1, 0.15) is 17.6 Å². The van der Waals surface area contributed by atoms with Gasteiger partial charge in [0.25, 0.3) is 0 Å². The number of amides is 1. The van der Waals surface area contributed by atoms with Crippen LogP contribution in [-0.2, 0) is 24.9 Å². The average molecular weight is 652 g/mol. The van der Waals surface area contributed by atoms with Gasteiger partial charge in [0, 0.05) is 72.9 Å². The summed E-state index contributed by atoms with van der Waals surface area (Å²) in [7, 11) is 0. The quantitative estimate of drug-likeness (QED) is 0.212. The van der Waals surface area contributed by atoms with E-state index >= 15 is 4.39 Å². The van der Waals surface area contributed by atoms with Crippen molar-refractivity contribution >= 4 is 51.2 Å². The molecule has 3 aromatic rings. The van der Waals surface area contributed by atoms with Gasteiger partial charge in [-0.2, -0.15) is 8.78 Å². The number of fused-ring (bicyclic) bond motifs is 1. The Kier molecular flexibility index (Phi) is 7.71. The molecule has 0 radical (unpaired) electrons. The smallest absolute Gasteiger partial charge is 0.344 e. The molecule has 0 bridgehead atoms. The number of anilines is 1. The van der Waals surface area contributed by atoms with Crippen LogP contribution in [0, 0.1) is 11.8 Å². The summed E-state index contributed by atoms with van der Waals surface area (Å²) >= 11 is 1.09. The second kappa shape index (κ2) is 10.9. The van der Waals surface area contributed by atoms with Gasteiger partial charge in [-0.05, 0) is 30.0 Å². The molecule has 1 aromatic heterocycles. The van der Waals surface area contributed by atoms with Crippen LogP contribution in [0.4, 0.5) is 18.9 Å². The Morgan fingerprint density at radius 1 is 1.10 bits per heavy atom. The van der Waals surface area contributed by atoms with Crippen molar-refractivity contribution in [1.82, 2.24) is 15.3 Å². The number of halogens is 4. The highest BCUT2D eigenvalue weighted by Gasteiger charge is 2.55. The number of alkyl halides is 4. The van der Waals surface area contributed by atoms with Crippen LogP contribution in [-0.4, -0.2) is 46.6 Å². The van der Waals surface area contributed by atoms with Gasteiger partial charge in [-0.25, -0.2) is 9.18 Å². The minimum absolute atomic E-state index is 0.0203. The van der Waals surface area contributed by atoms with E-state index in [0.29, 0.717) is 30.7 Å². The molecular weight excluding hydrogens is 624 g/mol. The van der Waals surface area contributed by atoms with Crippen molar-refractivity contribution in [2.75, 3.05) is 18.0 Å². The van der Waals surface area contributed by atoms with Gasteiger partial charge in [-0.15, -0.1) is 0 Å². The second-order valence-corrected chi connectivity index (χ2v) is 11.8. The maximum absolute atomic E-state index is 15.1. The molecule has 206 valence electrons. The van der Waals surface area contributed by atoms with Crippen molar-refractivity contribution in [2.45, 2.75) is 48.4 Å². The molecule has 1 aliphatic heterocycles. The monoisotopic (exact) mass is 652 g/mol. The van der Waals surface area contributed by atoms with Gasteiger partial charge >= 0.3 is 9.90 Å². The van der Waals surface area contributed by atoms with E-state index < -0.39 is 21.5 Å². The number of carbonyl (C=O) groups is 2. The Morgan fingerprint density at radius 2 is 1.79 bits per heavy atom. The molecule has 39 heavy (non-hydrogen) atoms. The summed E-state index contributed by atoms with van der Waals surface area (Å²) in [5.74, 6) is -1.68. The first-order chi connectivity index (χ1) is 18.5. The number of nitrogens with zero attached hydrogens (tertiary/aromatic N) is 3. The number of esters is 1. The van der Waals surface area contributed by atoms with Crippen LogP contribution in [0.25, 0.3) is 11.0 Å². The van der Waals surface area contributed by atoms with Gasteiger partial charge in [0.05, 0.1) is 11.3 Å². The predicted octanol–water partition coefficient (Wildman–Crippen LogP) is 5.31. The van der Waals surface area contributed by atoms with E-state index in [1.807, 2.05) is 17.9 Å². The highest BCUT2D eigenvalue weighted by Crippen LogP contribution is 2.43. The number of hydrogen-bond acceptors (Lipinski definition) is 6. The van der Waals surface area contributed by atoms with Crippen LogP contribution in [0.5, 0.6) is 0 Å². The molecule has 2 aliphatic rings. The van der Waals surface area contributed by atoms with Crippen molar-refractivity contribution in [3.8, 4) is 0 Å². The molecule has 1 saturated heterocycles. The summed E-state index contributed by atoms with van der Waals surface area (Å²) in [4.78, 5) is 35.8. The van der Waals surface area contributed by atoms with Crippen molar-refractivity contribution in [1.29, 1.82) is 0 Å². The maximum atomic E-state index is 15.1. The molecule has 5 rings (SSSR count). The van der Waals surface area contributed by atoms with E-state index in [4.69, 9.17) is 4.74 Å². The molecule has 0 unspecified atom stereocenters. The fourth-order valence-electron chi connectivity index (χ4n) is 5.42. The van der Waals surface area contributed by atoms with E-state index in [-0.39, 0.29) is 48.4 Å². The Morgan fingerprint density at radius 3 is 2.49 bits per heavy atom. The number of piperidine rings is 1. The second-order valence-electron chi connectivity index (χ2n) is 10.5. The van der Waals surface area contributed by atoms with Gasteiger partial charge in [0.2, 0.25) is 11.6 Å². The average Bonchev–Trinajstić information content (AvgIpc) is 2.88. The first-order valence-electron chi connectivity index (χ1n) is 12.8. The highest BCUT2D eigenvalue weighted by molar-refractivity contribution is 14.1. The Hall–Kier alpha value is -2.96. The lowest BCUT2D eigenvalue weighted by atomic mass is 9.71. The molecule has 1 amide bonds. The molecule has 2 heterocycles. The molecular formula is C28H28F3IN4O3. The Labute approximate surface area is 237 Å². The third-order valence-corrected chi connectivity index (χ3v) is 7.93. The lowest BCUT2D eigenvalue weighted by molar-refractivity contribution is -0.171. The summed E-state index contributed by atoms with van der Waals surface area (Å²) in [5.41, 5.74) is -0.423. The van der Waals surface area contributed by atoms with E-state index in [9.17, 15) is 18.4 Å². The Bertz CT molecular complexity index is 1370. The lowest BCUT2D eigenvalue weighted by Gasteiger charge is -2.41. The van der Waals surface area contributed by atoms with Crippen LogP contribution in [0.15, 0.2) is 54.9 Å². The number of rotatable bonds is 7. The molecule has 11 heteroatoms. The predicted molar refractivity (Wildman–Crippen MR) is 148 cm³/mol. The van der Waals surface area contributed by atoms with Gasteiger partial charge in [-0.3, -0.25) is 14.8 Å². The van der Waals surface area contributed by atoms with E-state index in [0.717, 1.165) is 28.2 Å². The molecule has 2 aromatic carbocycles. The van der Waals surface area contributed by atoms with Crippen LogP contribution in [0.2, 0.25) is 0 Å². The minimum atomic E-state index is -3.10. The van der Waals surface area contributed by atoms with Crippen molar-refractivity contribution in [3.63, 3.8) is 0 Å². The molecule has 2 atom stereocenters. The summed E-state index contributed by atoms with van der Waals surface area (Å²) in [6.45, 7) is 3.12. The first-order valence-corrected chi connectivity index (χ1v) is 13.9. The number of carbonyl (C=O) groups excluding carboxylic acids is 2. The first kappa shape index (κ1) is 27.6. The largest absolute Gasteiger partial charge is 0.458 e. The third-order valence-electron chi connectivity index (χ3n) is 7.35. The summed E-state index contributed by atoms with van der Waals surface area (Å²) in [6.07, 6.45) is 3.14. The normalized spacial score (nSPS) is 25.2. The topological polar surface area (TPSA) is 84.4 Å². The Balaban J connectivity index is 1.21. The molecule has 1 aliphatic carbocycles. The van der Waals surface area contributed by atoms with E-state index in [1.54, 1.807) is 30.3 Å². The molecule has 2 fully saturated rings. The number of nitrogens with one attached hydrogen (secondary N) is 1. The van der Waals surface area contributed by atoms with Crippen LogP contribution >= 0.6 is 22.6 Å². The number of ether oxygens (including phenoxy) is 1. The summed E-state index contributed by atoms with van der Waals surface area (Å²) in [6, 6.07) is 11.8. The van der Waals surface area contributed by atoms with E-state index in [2.05, 4.69) is 15.3 Å². The molecule has 1 saturated carbocycles. The number of aromatic nitrogens is 2. The van der Waals surface area contributed by atoms with E-state index in [1.165, 1.54) is 18.5 Å². The van der Waals surface area contributed by atoms with Gasteiger partial charge in [0.15, 0.2) is 0 Å².